The molecule has 1 amide bonds. The van der Waals surface area contributed by atoms with Crippen molar-refractivity contribution in [3.63, 3.8) is 0 Å². The third kappa shape index (κ3) is 4.06. The second-order valence-corrected chi connectivity index (χ2v) is 7.70. The monoisotopic (exact) mass is 313 g/mol. The summed E-state index contributed by atoms with van der Waals surface area (Å²) in [5, 5.41) is 0. The summed E-state index contributed by atoms with van der Waals surface area (Å²) in [5.74, 6) is -0.410. The molecule has 7 heteroatoms. The highest BCUT2D eigenvalue weighted by molar-refractivity contribution is 7.91. The molecule has 0 N–H and O–H groups in total. The predicted octanol–water partition coefficient (Wildman–Crippen LogP) is 1.13. The lowest BCUT2D eigenvalue weighted by molar-refractivity contribution is -0.132. The number of piperidine rings is 1. The van der Waals surface area contributed by atoms with Crippen molar-refractivity contribution in [2.24, 2.45) is 7.05 Å². The molecule has 1 aliphatic heterocycles. The summed E-state index contributed by atoms with van der Waals surface area (Å²) in [7, 11) is -1.73. The van der Waals surface area contributed by atoms with Gasteiger partial charge in [0.25, 0.3) is 0 Å². The van der Waals surface area contributed by atoms with Crippen LogP contribution in [0.25, 0.3) is 0 Å². The van der Waals surface area contributed by atoms with Gasteiger partial charge in [-0.05, 0) is 25.7 Å². The number of rotatable bonds is 5. The zero-order valence-electron chi connectivity index (χ0n) is 12.7. The number of likely N-dealkylation sites (tertiary alicyclic amines) is 1. The van der Waals surface area contributed by atoms with E-state index in [0.717, 1.165) is 25.7 Å². The molecule has 1 aromatic rings. The average Bonchev–Trinajstić information content (AvgIpc) is 2.83. The van der Waals surface area contributed by atoms with Gasteiger partial charge in [-0.3, -0.25) is 4.79 Å². The fourth-order valence-electron chi connectivity index (χ4n) is 2.81. The van der Waals surface area contributed by atoms with Gasteiger partial charge in [0.2, 0.25) is 5.91 Å². The summed E-state index contributed by atoms with van der Waals surface area (Å²) in [6, 6.07) is 0.189. The molecular weight excluding hydrogens is 290 g/mol. The molecule has 1 saturated heterocycles. The van der Waals surface area contributed by atoms with Gasteiger partial charge in [0.15, 0.2) is 9.84 Å². The first-order chi connectivity index (χ1) is 9.93. The van der Waals surface area contributed by atoms with Gasteiger partial charge in [-0.1, -0.05) is 6.92 Å². The number of hydrogen-bond acceptors (Lipinski definition) is 4. The third-order valence-electron chi connectivity index (χ3n) is 4.03. The number of amides is 1. The topological polar surface area (TPSA) is 72.3 Å². The van der Waals surface area contributed by atoms with Gasteiger partial charge < -0.3 is 9.47 Å². The number of aryl methyl sites for hydroxylation is 1. The zero-order valence-corrected chi connectivity index (χ0v) is 13.5. The molecule has 1 aliphatic rings. The Kier molecular flexibility index (Phi) is 5.03. The Morgan fingerprint density at radius 1 is 1.43 bits per heavy atom. The minimum atomic E-state index is -3.48. The number of hydrogen-bond donors (Lipinski definition) is 0. The molecule has 1 atom stereocenters. The van der Waals surface area contributed by atoms with Crippen molar-refractivity contribution in [2.45, 2.75) is 44.4 Å². The number of nitrogens with zero attached hydrogens (tertiary/aromatic N) is 3. The minimum Gasteiger partial charge on any atom is -0.339 e. The quantitative estimate of drug-likeness (QED) is 0.817. The van der Waals surface area contributed by atoms with Crippen LogP contribution in [0.5, 0.6) is 0 Å². The average molecular weight is 313 g/mol. The standard InChI is InChI=1S/C14H23N3O3S/c1-3-12-6-4-5-8-17(12)14(18)11-21(19,20)10-13-15-7-9-16(13)2/h7,9,12H,3-6,8,10-11H2,1-2H3. The van der Waals surface area contributed by atoms with Crippen LogP contribution < -0.4 is 0 Å². The van der Waals surface area contributed by atoms with Crippen LogP contribution in [0, 0.1) is 0 Å². The smallest absolute Gasteiger partial charge is 0.238 e. The van der Waals surface area contributed by atoms with Crippen molar-refractivity contribution >= 4 is 15.7 Å². The maximum Gasteiger partial charge on any atom is 0.238 e. The summed E-state index contributed by atoms with van der Waals surface area (Å²) in [5.41, 5.74) is 0. The number of carbonyl (C=O) groups excluding carboxylic acids is 1. The first kappa shape index (κ1) is 16.0. The Bertz CT molecular complexity index is 594. The fraction of sp³-hybridized carbons (Fsp3) is 0.714. The second-order valence-electron chi connectivity index (χ2n) is 5.63. The summed E-state index contributed by atoms with van der Waals surface area (Å²) in [6.45, 7) is 2.72. The van der Waals surface area contributed by atoms with Crippen LogP contribution in [0.15, 0.2) is 12.4 Å². The van der Waals surface area contributed by atoms with Gasteiger partial charge in [-0.15, -0.1) is 0 Å². The molecule has 2 rings (SSSR count). The van der Waals surface area contributed by atoms with E-state index in [9.17, 15) is 13.2 Å². The molecule has 6 nitrogen and oxygen atoms in total. The molecule has 0 spiro atoms. The maximum atomic E-state index is 12.3. The van der Waals surface area contributed by atoms with Crippen LogP contribution in [0.1, 0.15) is 38.4 Å². The second kappa shape index (κ2) is 6.60. The molecule has 0 aromatic carbocycles. The van der Waals surface area contributed by atoms with E-state index in [1.807, 2.05) is 6.92 Å². The summed E-state index contributed by atoms with van der Waals surface area (Å²) < 4.78 is 26.1. The van der Waals surface area contributed by atoms with E-state index < -0.39 is 15.6 Å². The zero-order chi connectivity index (χ0) is 15.5. The lowest BCUT2D eigenvalue weighted by Crippen LogP contribution is -2.46. The molecule has 21 heavy (non-hydrogen) atoms. The highest BCUT2D eigenvalue weighted by Gasteiger charge is 2.29. The lowest BCUT2D eigenvalue weighted by Gasteiger charge is -2.35. The molecule has 0 radical (unpaired) electrons. The minimum absolute atomic E-state index is 0.188. The first-order valence-corrected chi connectivity index (χ1v) is 9.21. The van der Waals surface area contributed by atoms with E-state index in [4.69, 9.17) is 0 Å². The Labute approximate surface area is 126 Å². The largest absolute Gasteiger partial charge is 0.339 e. The maximum absolute atomic E-state index is 12.3. The van der Waals surface area contributed by atoms with E-state index in [2.05, 4.69) is 4.98 Å². The van der Waals surface area contributed by atoms with Gasteiger partial charge in [0.05, 0.1) is 0 Å². The first-order valence-electron chi connectivity index (χ1n) is 7.39. The van der Waals surface area contributed by atoms with Crippen LogP contribution in [-0.2, 0) is 27.4 Å². The molecule has 0 saturated carbocycles. The normalized spacial score (nSPS) is 19.7. The summed E-state index contributed by atoms with van der Waals surface area (Å²) in [6.07, 6.45) is 7.19. The van der Waals surface area contributed by atoms with Crippen LogP contribution in [-0.4, -0.2) is 47.1 Å². The summed E-state index contributed by atoms with van der Waals surface area (Å²) in [4.78, 5) is 18.1. The van der Waals surface area contributed by atoms with E-state index in [-0.39, 0.29) is 17.7 Å². The van der Waals surface area contributed by atoms with Gasteiger partial charge in [0.1, 0.15) is 17.3 Å². The van der Waals surface area contributed by atoms with Crippen molar-refractivity contribution in [3.05, 3.63) is 18.2 Å². The van der Waals surface area contributed by atoms with E-state index in [1.54, 1.807) is 28.9 Å². The highest BCUT2D eigenvalue weighted by atomic mass is 32.2. The van der Waals surface area contributed by atoms with Crippen molar-refractivity contribution in [1.82, 2.24) is 14.5 Å². The van der Waals surface area contributed by atoms with Gasteiger partial charge in [-0.25, -0.2) is 13.4 Å². The van der Waals surface area contributed by atoms with Gasteiger partial charge in [0, 0.05) is 32.0 Å². The molecule has 1 aromatic heterocycles. The number of carbonyl (C=O) groups is 1. The van der Waals surface area contributed by atoms with Gasteiger partial charge in [-0.2, -0.15) is 0 Å². The predicted molar refractivity (Wildman–Crippen MR) is 80.3 cm³/mol. The summed E-state index contributed by atoms with van der Waals surface area (Å²) >= 11 is 0. The number of imidazole rings is 1. The molecular formula is C14H23N3O3S. The fourth-order valence-corrected chi connectivity index (χ4v) is 4.12. The molecule has 0 aliphatic carbocycles. The highest BCUT2D eigenvalue weighted by Crippen LogP contribution is 2.20. The number of sulfone groups is 1. The van der Waals surface area contributed by atoms with Crippen LogP contribution in [0.3, 0.4) is 0 Å². The van der Waals surface area contributed by atoms with E-state index >= 15 is 0 Å². The van der Waals surface area contributed by atoms with Crippen LogP contribution in [0.4, 0.5) is 0 Å². The Morgan fingerprint density at radius 3 is 2.81 bits per heavy atom. The van der Waals surface area contributed by atoms with E-state index in [0.29, 0.717) is 12.4 Å². The molecule has 2 heterocycles. The van der Waals surface area contributed by atoms with Crippen molar-refractivity contribution in [1.29, 1.82) is 0 Å². The Hall–Kier alpha value is -1.37. The van der Waals surface area contributed by atoms with Crippen molar-refractivity contribution in [2.75, 3.05) is 12.3 Å². The molecule has 1 unspecified atom stereocenters. The van der Waals surface area contributed by atoms with Crippen LogP contribution >= 0.6 is 0 Å². The lowest BCUT2D eigenvalue weighted by atomic mass is 10.0. The molecule has 118 valence electrons. The van der Waals surface area contributed by atoms with Crippen molar-refractivity contribution in [3.8, 4) is 0 Å². The van der Waals surface area contributed by atoms with Crippen LogP contribution in [0.2, 0.25) is 0 Å². The molecule has 0 bridgehead atoms. The van der Waals surface area contributed by atoms with Gasteiger partial charge >= 0.3 is 0 Å². The Balaban J connectivity index is 2.02. The van der Waals surface area contributed by atoms with Crippen molar-refractivity contribution < 1.29 is 13.2 Å². The third-order valence-corrected chi connectivity index (χ3v) is 5.42. The Morgan fingerprint density at radius 2 is 2.19 bits per heavy atom. The number of aromatic nitrogens is 2. The SMILES string of the molecule is CCC1CCCCN1C(=O)CS(=O)(=O)Cc1nccn1C. The van der Waals surface area contributed by atoms with E-state index in [1.165, 1.54) is 0 Å². The molecule has 1 fully saturated rings.